The molecule has 0 unspecified atom stereocenters. The average Bonchev–Trinajstić information content (AvgIpc) is 2.49. The highest BCUT2D eigenvalue weighted by Gasteiger charge is 2.46. The van der Waals surface area contributed by atoms with Crippen LogP contribution in [-0.4, -0.2) is 24.0 Å². The van der Waals surface area contributed by atoms with E-state index in [2.05, 4.69) is 5.43 Å². The Hall–Kier alpha value is -2.08. The summed E-state index contributed by atoms with van der Waals surface area (Å²) in [6, 6.07) is 7.20. The SMILES string of the molecule is CCC1(CC)Oc2ccccc2N(CC(=O)NN)C1=O. The van der Waals surface area contributed by atoms with Crippen molar-refractivity contribution in [2.75, 3.05) is 11.4 Å². The van der Waals surface area contributed by atoms with E-state index in [1.165, 1.54) is 4.90 Å². The summed E-state index contributed by atoms with van der Waals surface area (Å²) in [5.41, 5.74) is 1.74. The van der Waals surface area contributed by atoms with Crippen LogP contribution in [-0.2, 0) is 9.59 Å². The Bertz CT molecular complexity index is 526. The van der Waals surface area contributed by atoms with Crippen LogP contribution in [0.15, 0.2) is 24.3 Å². The number of nitrogens with one attached hydrogen (secondary N) is 1. The number of hydrogen-bond donors (Lipinski definition) is 2. The van der Waals surface area contributed by atoms with Gasteiger partial charge in [-0.1, -0.05) is 26.0 Å². The molecule has 1 aliphatic heterocycles. The molecule has 0 aliphatic carbocycles. The van der Waals surface area contributed by atoms with Crippen LogP contribution in [0.2, 0.25) is 0 Å². The number of hydrazine groups is 1. The summed E-state index contributed by atoms with van der Waals surface area (Å²) in [4.78, 5) is 25.7. The molecule has 0 fully saturated rings. The lowest BCUT2D eigenvalue weighted by molar-refractivity contribution is -0.137. The lowest BCUT2D eigenvalue weighted by Gasteiger charge is -2.41. The van der Waals surface area contributed by atoms with E-state index < -0.39 is 11.5 Å². The normalized spacial score (nSPS) is 16.4. The van der Waals surface area contributed by atoms with Gasteiger partial charge in [0.15, 0.2) is 5.60 Å². The van der Waals surface area contributed by atoms with Gasteiger partial charge >= 0.3 is 0 Å². The first-order valence-corrected chi connectivity index (χ1v) is 6.67. The molecule has 108 valence electrons. The fraction of sp³-hybridized carbons (Fsp3) is 0.429. The third-order valence-electron chi connectivity index (χ3n) is 3.70. The molecule has 0 radical (unpaired) electrons. The molecule has 0 atom stereocenters. The Labute approximate surface area is 117 Å². The molecular weight excluding hydrogens is 258 g/mol. The minimum atomic E-state index is -0.913. The molecule has 0 aromatic heterocycles. The second-order valence-corrected chi connectivity index (χ2v) is 4.73. The Morgan fingerprint density at radius 3 is 2.60 bits per heavy atom. The lowest BCUT2D eigenvalue weighted by Crippen LogP contribution is -2.57. The molecule has 1 aromatic carbocycles. The van der Waals surface area contributed by atoms with Crippen molar-refractivity contribution in [3.8, 4) is 5.75 Å². The number of hydrogen-bond acceptors (Lipinski definition) is 4. The van der Waals surface area contributed by atoms with Crippen LogP contribution in [0.25, 0.3) is 0 Å². The van der Waals surface area contributed by atoms with E-state index >= 15 is 0 Å². The minimum absolute atomic E-state index is 0.114. The molecule has 1 aliphatic rings. The molecule has 0 saturated carbocycles. The maximum Gasteiger partial charge on any atom is 0.271 e. The third kappa shape index (κ3) is 2.22. The molecule has 6 nitrogen and oxygen atoms in total. The largest absolute Gasteiger partial charge is 0.475 e. The predicted octanol–water partition coefficient (Wildman–Crippen LogP) is 0.961. The van der Waals surface area contributed by atoms with Crippen molar-refractivity contribution in [2.45, 2.75) is 32.3 Å². The van der Waals surface area contributed by atoms with E-state index in [1.54, 1.807) is 18.2 Å². The van der Waals surface area contributed by atoms with Gasteiger partial charge in [0.2, 0.25) is 0 Å². The van der Waals surface area contributed by atoms with Gasteiger partial charge in [-0.15, -0.1) is 0 Å². The number of nitrogens with two attached hydrogens (primary N) is 1. The second-order valence-electron chi connectivity index (χ2n) is 4.73. The smallest absolute Gasteiger partial charge is 0.271 e. The molecule has 0 spiro atoms. The van der Waals surface area contributed by atoms with Gasteiger partial charge < -0.3 is 4.74 Å². The van der Waals surface area contributed by atoms with Crippen LogP contribution in [0.4, 0.5) is 5.69 Å². The number of rotatable bonds is 4. The number of para-hydroxylation sites is 2. The van der Waals surface area contributed by atoms with Crippen LogP contribution in [0.5, 0.6) is 5.75 Å². The van der Waals surface area contributed by atoms with Gasteiger partial charge in [-0.25, -0.2) is 5.84 Å². The summed E-state index contributed by atoms with van der Waals surface area (Å²) in [5, 5.41) is 0. The van der Waals surface area contributed by atoms with Crippen LogP contribution in [0.1, 0.15) is 26.7 Å². The van der Waals surface area contributed by atoms with Gasteiger partial charge in [-0.05, 0) is 25.0 Å². The van der Waals surface area contributed by atoms with Gasteiger partial charge in [-0.3, -0.25) is 19.9 Å². The van der Waals surface area contributed by atoms with Gasteiger partial charge in [0.25, 0.3) is 11.8 Å². The maximum absolute atomic E-state index is 12.7. The second kappa shape index (κ2) is 5.50. The van der Waals surface area contributed by atoms with Crippen LogP contribution < -0.4 is 20.9 Å². The highest BCUT2D eigenvalue weighted by atomic mass is 16.5. The number of fused-ring (bicyclic) bond motifs is 1. The summed E-state index contributed by atoms with van der Waals surface area (Å²) in [5.74, 6) is 5.11. The fourth-order valence-electron chi connectivity index (χ4n) is 2.42. The molecule has 2 rings (SSSR count). The van der Waals surface area contributed by atoms with E-state index in [9.17, 15) is 9.59 Å². The number of nitrogens with zero attached hydrogens (tertiary/aromatic N) is 1. The van der Waals surface area contributed by atoms with Crippen molar-refractivity contribution in [2.24, 2.45) is 5.84 Å². The Kier molecular flexibility index (Phi) is 3.94. The van der Waals surface area contributed by atoms with Crippen molar-refractivity contribution in [3.63, 3.8) is 0 Å². The summed E-state index contributed by atoms with van der Waals surface area (Å²) in [6.07, 6.45) is 1.08. The summed E-state index contributed by atoms with van der Waals surface area (Å²) in [7, 11) is 0. The quantitative estimate of drug-likeness (QED) is 0.488. The standard InChI is InChI=1S/C14H19N3O3/c1-3-14(4-2)13(19)17(9-12(18)16-15)10-7-5-6-8-11(10)20-14/h5-8H,3-4,9,15H2,1-2H3,(H,16,18). The van der Waals surface area contributed by atoms with Crippen molar-refractivity contribution < 1.29 is 14.3 Å². The lowest BCUT2D eigenvalue weighted by atomic mass is 9.92. The van der Waals surface area contributed by atoms with E-state index in [4.69, 9.17) is 10.6 Å². The van der Waals surface area contributed by atoms with Crippen molar-refractivity contribution in [3.05, 3.63) is 24.3 Å². The molecule has 6 heteroatoms. The highest BCUT2D eigenvalue weighted by Crippen LogP contribution is 2.40. The van der Waals surface area contributed by atoms with E-state index in [0.29, 0.717) is 24.3 Å². The fourth-order valence-corrected chi connectivity index (χ4v) is 2.42. The van der Waals surface area contributed by atoms with E-state index in [0.717, 1.165) is 0 Å². The van der Waals surface area contributed by atoms with Crippen molar-refractivity contribution in [1.82, 2.24) is 5.43 Å². The summed E-state index contributed by atoms with van der Waals surface area (Å²) in [6.45, 7) is 3.69. The predicted molar refractivity (Wildman–Crippen MR) is 75.1 cm³/mol. The molecule has 1 heterocycles. The van der Waals surface area contributed by atoms with Gasteiger partial charge in [0.1, 0.15) is 12.3 Å². The molecule has 20 heavy (non-hydrogen) atoms. The summed E-state index contributed by atoms with van der Waals surface area (Å²) < 4.78 is 5.92. The van der Waals surface area contributed by atoms with Crippen LogP contribution >= 0.6 is 0 Å². The minimum Gasteiger partial charge on any atom is -0.475 e. The number of carbonyl (C=O) groups is 2. The number of ether oxygens (including phenoxy) is 1. The zero-order chi connectivity index (χ0) is 14.8. The summed E-state index contributed by atoms with van der Waals surface area (Å²) >= 11 is 0. The van der Waals surface area contributed by atoms with Gasteiger partial charge in [0, 0.05) is 0 Å². The van der Waals surface area contributed by atoms with Gasteiger partial charge in [0.05, 0.1) is 5.69 Å². The average molecular weight is 277 g/mol. The highest BCUT2D eigenvalue weighted by molar-refractivity contribution is 6.06. The molecule has 0 bridgehead atoms. The van der Waals surface area contributed by atoms with E-state index in [-0.39, 0.29) is 12.5 Å². The van der Waals surface area contributed by atoms with Crippen LogP contribution in [0, 0.1) is 0 Å². The monoisotopic (exact) mass is 277 g/mol. The first-order chi connectivity index (χ1) is 9.57. The first kappa shape index (κ1) is 14.3. The van der Waals surface area contributed by atoms with E-state index in [1.807, 2.05) is 19.9 Å². The number of benzene rings is 1. The zero-order valence-electron chi connectivity index (χ0n) is 11.7. The first-order valence-electron chi connectivity index (χ1n) is 6.67. The molecule has 2 amide bonds. The Morgan fingerprint density at radius 2 is 2.00 bits per heavy atom. The molecule has 0 saturated heterocycles. The van der Waals surface area contributed by atoms with Crippen molar-refractivity contribution in [1.29, 1.82) is 0 Å². The maximum atomic E-state index is 12.7. The Morgan fingerprint density at radius 1 is 1.35 bits per heavy atom. The number of amides is 2. The molecular formula is C14H19N3O3. The van der Waals surface area contributed by atoms with Gasteiger partial charge in [-0.2, -0.15) is 0 Å². The van der Waals surface area contributed by atoms with Crippen LogP contribution in [0.3, 0.4) is 0 Å². The topological polar surface area (TPSA) is 84.7 Å². The molecule has 3 N–H and O–H groups in total. The zero-order valence-corrected chi connectivity index (χ0v) is 11.7. The Balaban J connectivity index is 2.47. The third-order valence-corrected chi connectivity index (χ3v) is 3.70. The van der Waals surface area contributed by atoms with Crippen molar-refractivity contribution >= 4 is 17.5 Å². The number of carbonyl (C=O) groups excluding carboxylic acids is 2. The molecule has 1 aromatic rings. The number of anilines is 1.